The van der Waals surface area contributed by atoms with Crippen molar-refractivity contribution in [2.75, 3.05) is 19.9 Å². The van der Waals surface area contributed by atoms with E-state index in [2.05, 4.69) is 5.32 Å². The van der Waals surface area contributed by atoms with Gasteiger partial charge in [-0.05, 0) is 42.7 Å². The third-order valence-electron chi connectivity index (χ3n) is 5.41. The molecule has 1 saturated heterocycles. The van der Waals surface area contributed by atoms with Gasteiger partial charge in [-0.2, -0.15) is 4.31 Å². The number of amides is 1. The van der Waals surface area contributed by atoms with Crippen molar-refractivity contribution in [1.82, 2.24) is 14.2 Å². The Morgan fingerprint density at radius 2 is 1.77 bits per heavy atom. The fourth-order valence-electron chi connectivity index (χ4n) is 3.72. The van der Waals surface area contributed by atoms with E-state index in [9.17, 15) is 18.0 Å². The minimum atomic E-state index is -3.89. The Bertz CT molecular complexity index is 1120. The van der Waals surface area contributed by atoms with Crippen LogP contribution in [0, 0.1) is 0 Å². The summed E-state index contributed by atoms with van der Waals surface area (Å²) in [4.78, 5) is 24.9. The Morgan fingerprint density at radius 3 is 2.55 bits per heavy atom. The van der Waals surface area contributed by atoms with E-state index in [1.807, 2.05) is 6.07 Å². The van der Waals surface area contributed by atoms with Gasteiger partial charge in [0.05, 0.1) is 0 Å². The summed E-state index contributed by atoms with van der Waals surface area (Å²) in [7, 11) is -3.89. The van der Waals surface area contributed by atoms with Gasteiger partial charge >= 0.3 is 0 Å². The Kier molecular flexibility index (Phi) is 6.28. The molecule has 1 aromatic carbocycles. The van der Waals surface area contributed by atoms with Crippen molar-refractivity contribution < 1.29 is 22.7 Å². The van der Waals surface area contributed by atoms with Gasteiger partial charge in [0.1, 0.15) is 11.4 Å². The van der Waals surface area contributed by atoms with Gasteiger partial charge in [-0.3, -0.25) is 9.59 Å². The molecule has 0 bridgehead atoms. The highest BCUT2D eigenvalue weighted by atomic mass is 32.2. The zero-order chi connectivity index (χ0) is 21.8. The number of rotatable bonds is 6. The van der Waals surface area contributed by atoms with Crippen LogP contribution >= 0.6 is 0 Å². The summed E-state index contributed by atoms with van der Waals surface area (Å²) in [5.41, 5.74) is 0.132. The Morgan fingerprint density at radius 1 is 1.03 bits per heavy atom. The summed E-state index contributed by atoms with van der Waals surface area (Å²) in [6.45, 7) is 0.965. The summed E-state index contributed by atoms with van der Waals surface area (Å²) in [5, 5.41) is 2.74. The lowest BCUT2D eigenvalue weighted by molar-refractivity contribution is -0.121. The van der Waals surface area contributed by atoms with Crippen LogP contribution in [0.4, 0.5) is 0 Å². The van der Waals surface area contributed by atoms with E-state index in [4.69, 9.17) is 9.47 Å². The maximum Gasteiger partial charge on any atom is 0.271 e. The number of hydrogen-bond donors (Lipinski definition) is 1. The van der Waals surface area contributed by atoms with Crippen LogP contribution in [0.25, 0.3) is 0 Å². The van der Waals surface area contributed by atoms with Crippen molar-refractivity contribution in [2.24, 2.45) is 0 Å². The summed E-state index contributed by atoms with van der Waals surface area (Å²) < 4.78 is 39.1. The third-order valence-corrected chi connectivity index (χ3v) is 7.32. The van der Waals surface area contributed by atoms with Gasteiger partial charge in [0.2, 0.25) is 22.7 Å². The van der Waals surface area contributed by atoms with E-state index in [1.165, 1.54) is 22.6 Å². The number of hydrogen-bond acceptors (Lipinski definition) is 6. The molecule has 0 aliphatic carbocycles. The summed E-state index contributed by atoms with van der Waals surface area (Å²) >= 11 is 0. The Labute approximate surface area is 180 Å². The first-order valence-electron chi connectivity index (χ1n) is 10.3. The van der Waals surface area contributed by atoms with Crippen molar-refractivity contribution >= 4 is 15.9 Å². The molecule has 2 aromatic rings. The molecule has 1 N–H and O–H groups in total. The SMILES string of the molecule is O=C(Cn1cccc(S(=O)(=O)N2CCCCCC2)c1=O)NCc1ccc2c(c1)OCO2. The molecule has 0 atom stereocenters. The van der Waals surface area contributed by atoms with Crippen LogP contribution in [0.3, 0.4) is 0 Å². The predicted octanol–water partition coefficient (Wildman–Crippen LogP) is 1.46. The van der Waals surface area contributed by atoms with Crippen LogP contribution < -0.4 is 20.3 Å². The average Bonchev–Trinajstić information content (AvgIpc) is 3.04. The second-order valence-corrected chi connectivity index (χ2v) is 9.49. The third kappa shape index (κ3) is 4.75. The average molecular weight is 448 g/mol. The van der Waals surface area contributed by atoms with E-state index in [0.29, 0.717) is 24.6 Å². The van der Waals surface area contributed by atoms with E-state index in [1.54, 1.807) is 12.1 Å². The van der Waals surface area contributed by atoms with E-state index in [0.717, 1.165) is 35.8 Å². The molecular formula is C21H25N3O6S. The number of aromatic nitrogens is 1. The van der Waals surface area contributed by atoms with Gasteiger partial charge in [-0.15, -0.1) is 0 Å². The lowest BCUT2D eigenvalue weighted by atomic mass is 10.2. The normalized spacial score (nSPS) is 16.6. The van der Waals surface area contributed by atoms with E-state index >= 15 is 0 Å². The fourth-order valence-corrected chi connectivity index (χ4v) is 5.32. The van der Waals surface area contributed by atoms with Gasteiger partial charge in [-0.1, -0.05) is 18.9 Å². The number of fused-ring (bicyclic) bond motifs is 1. The van der Waals surface area contributed by atoms with Gasteiger partial charge in [0.15, 0.2) is 11.5 Å². The number of pyridine rings is 1. The van der Waals surface area contributed by atoms with Crippen molar-refractivity contribution in [3.05, 3.63) is 52.4 Å². The summed E-state index contributed by atoms with van der Waals surface area (Å²) in [6.07, 6.45) is 4.94. The van der Waals surface area contributed by atoms with Crippen molar-refractivity contribution in [3.63, 3.8) is 0 Å². The van der Waals surface area contributed by atoms with Crippen molar-refractivity contribution in [1.29, 1.82) is 0 Å². The first-order chi connectivity index (χ1) is 14.9. The predicted molar refractivity (Wildman–Crippen MR) is 112 cm³/mol. The summed E-state index contributed by atoms with van der Waals surface area (Å²) in [6, 6.07) is 8.16. The molecule has 0 radical (unpaired) electrons. The second kappa shape index (κ2) is 9.11. The molecule has 1 fully saturated rings. The largest absolute Gasteiger partial charge is 0.454 e. The van der Waals surface area contributed by atoms with Gasteiger partial charge in [-0.25, -0.2) is 8.42 Å². The first-order valence-corrected chi connectivity index (χ1v) is 11.7. The van der Waals surface area contributed by atoms with Crippen LogP contribution in [-0.4, -0.2) is 43.1 Å². The molecule has 9 nitrogen and oxygen atoms in total. The highest BCUT2D eigenvalue weighted by Crippen LogP contribution is 2.32. The Hall–Kier alpha value is -2.85. The molecule has 166 valence electrons. The van der Waals surface area contributed by atoms with Crippen LogP contribution in [-0.2, 0) is 27.9 Å². The highest BCUT2D eigenvalue weighted by molar-refractivity contribution is 7.89. The number of carbonyl (C=O) groups excluding carboxylic acids is 1. The fraction of sp³-hybridized carbons (Fsp3) is 0.429. The first kappa shape index (κ1) is 21.4. The molecule has 2 aliphatic rings. The smallest absolute Gasteiger partial charge is 0.271 e. The number of carbonyl (C=O) groups is 1. The molecule has 3 heterocycles. The quantitative estimate of drug-likeness (QED) is 0.719. The van der Waals surface area contributed by atoms with Crippen LogP contribution in [0.1, 0.15) is 31.2 Å². The molecular weight excluding hydrogens is 422 g/mol. The lowest BCUT2D eigenvalue weighted by Gasteiger charge is -2.20. The minimum Gasteiger partial charge on any atom is -0.454 e. The molecule has 31 heavy (non-hydrogen) atoms. The number of benzene rings is 1. The molecule has 0 unspecified atom stereocenters. The highest BCUT2D eigenvalue weighted by Gasteiger charge is 2.28. The standard InChI is InChI=1S/C21H25N3O6S/c25-20(22-13-16-7-8-17-18(12-16)30-15-29-17)14-23-9-5-6-19(21(23)26)31(27,28)24-10-3-1-2-4-11-24/h5-9,12H,1-4,10-11,13-15H2,(H,22,25). The lowest BCUT2D eigenvalue weighted by Crippen LogP contribution is -2.38. The minimum absolute atomic E-state index is 0.171. The van der Waals surface area contributed by atoms with Gasteiger partial charge < -0.3 is 19.4 Å². The number of ether oxygens (including phenoxy) is 2. The number of nitrogens with zero attached hydrogens (tertiary/aromatic N) is 2. The second-order valence-electron chi connectivity index (χ2n) is 7.59. The molecule has 4 rings (SSSR count). The van der Waals surface area contributed by atoms with E-state index in [-0.39, 0.29) is 24.8 Å². The monoisotopic (exact) mass is 447 g/mol. The number of nitrogens with one attached hydrogen (secondary N) is 1. The molecule has 0 saturated carbocycles. The maximum atomic E-state index is 13.0. The van der Waals surface area contributed by atoms with E-state index < -0.39 is 21.5 Å². The topological polar surface area (TPSA) is 107 Å². The zero-order valence-corrected chi connectivity index (χ0v) is 17.9. The number of sulfonamides is 1. The van der Waals surface area contributed by atoms with Crippen molar-refractivity contribution in [3.8, 4) is 11.5 Å². The van der Waals surface area contributed by atoms with Crippen molar-refractivity contribution in [2.45, 2.75) is 43.7 Å². The maximum absolute atomic E-state index is 13.0. The zero-order valence-electron chi connectivity index (χ0n) is 17.1. The Balaban J connectivity index is 1.44. The van der Waals surface area contributed by atoms with Gasteiger partial charge in [0, 0.05) is 25.8 Å². The van der Waals surface area contributed by atoms with Crippen LogP contribution in [0.15, 0.2) is 46.2 Å². The molecule has 1 amide bonds. The van der Waals surface area contributed by atoms with Crippen LogP contribution in [0.2, 0.25) is 0 Å². The van der Waals surface area contributed by atoms with Gasteiger partial charge in [0.25, 0.3) is 5.56 Å². The molecule has 10 heteroatoms. The summed E-state index contributed by atoms with van der Waals surface area (Å²) in [5.74, 6) is 0.877. The molecule has 1 aromatic heterocycles. The van der Waals surface area contributed by atoms with Crippen LogP contribution in [0.5, 0.6) is 11.5 Å². The molecule has 0 spiro atoms. The molecule has 2 aliphatic heterocycles.